The molecule has 9 heavy (non-hydrogen) atoms. The Balaban J connectivity index is 2.41. The van der Waals surface area contributed by atoms with E-state index in [9.17, 15) is 0 Å². The number of ether oxygens (including phenoxy) is 1. The van der Waals surface area contributed by atoms with Crippen molar-refractivity contribution in [1.82, 2.24) is 0 Å². The van der Waals surface area contributed by atoms with E-state index in [0.717, 1.165) is 0 Å². The molecule has 3 atom stereocenters. The lowest BCUT2D eigenvalue weighted by Gasteiger charge is -2.10. The SMILES string of the molecule is OC[C@H]1OC[C@H](O)[C@H]1O. The second-order valence-corrected chi connectivity index (χ2v) is 2.11. The van der Waals surface area contributed by atoms with E-state index in [-0.39, 0.29) is 13.2 Å². The van der Waals surface area contributed by atoms with Crippen LogP contribution in [0.1, 0.15) is 0 Å². The first-order chi connectivity index (χ1) is 4.25. The van der Waals surface area contributed by atoms with Crippen molar-refractivity contribution in [2.45, 2.75) is 18.3 Å². The molecule has 0 aromatic rings. The van der Waals surface area contributed by atoms with E-state index >= 15 is 0 Å². The second kappa shape index (κ2) is 2.62. The van der Waals surface area contributed by atoms with Gasteiger partial charge in [0.25, 0.3) is 0 Å². The van der Waals surface area contributed by atoms with Crippen molar-refractivity contribution in [2.24, 2.45) is 0 Å². The molecule has 1 saturated heterocycles. The molecule has 0 radical (unpaired) electrons. The van der Waals surface area contributed by atoms with Gasteiger partial charge in [0, 0.05) is 0 Å². The molecule has 0 aromatic heterocycles. The number of aliphatic hydroxyl groups excluding tert-OH is 3. The molecule has 1 fully saturated rings. The molecule has 0 bridgehead atoms. The van der Waals surface area contributed by atoms with Crippen LogP contribution in [0, 0.1) is 0 Å². The minimum Gasteiger partial charge on any atom is -0.394 e. The summed E-state index contributed by atoms with van der Waals surface area (Å²) in [6.07, 6.45) is -2.35. The molecule has 4 heteroatoms. The van der Waals surface area contributed by atoms with Crippen LogP contribution in [0.15, 0.2) is 0 Å². The molecule has 0 amide bonds. The Hall–Kier alpha value is -0.160. The Morgan fingerprint density at radius 1 is 1.44 bits per heavy atom. The van der Waals surface area contributed by atoms with Gasteiger partial charge in [-0.3, -0.25) is 0 Å². The third kappa shape index (κ3) is 1.21. The summed E-state index contributed by atoms with van der Waals surface area (Å²) in [6, 6.07) is 0. The fourth-order valence-electron chi connectivity index (χ4n) is 0.828. The van der Waals surface area contributed by atoms with Crippen LogP contribution in [0.3, 0.4) is 0 Å². The van der Waals surface area contributed by atoms with Crippen LogP contribution in [0.25, 0.3) is 0 Å². The second-order valence-electron chi connectivity index (χ2n) is 2.11. The molecule has 0 unspecified atom stereocenters. The summed E-state index contributed by atoms with van der Waals surface area (Å²) in [4.78, 5) is 0. The van der Waals surface area contributed by atoms with Gasteiger partial charge >= 0.3 is 0 Å². The maximum atomic E-state index is 8.92. The number of hydrogen-bond donors (Lipinski definition) is 3. The van der Waals surface area contributed by atoms with E-state index in [0.29, 0.717) is 0 Å². The third-order valence-electron chi connectivity index (χ3n) is 1.44. The Morgan fingerprint density at radius 2 is 2.11 bits per heavy atom. The van der Waals surface area contributed by atoms with E-state index in [1.165, 1.54) is 0 Å². The largest absolute Gasteiger partial charge is 0.394 e. The Morgan fingerprint density at radius 3 is 2.33 bits per heavy atom. The van der Waals surface area contributed by atoms with E-state index in [1.807, 2.05) is 0 Å². The molecule has 0 aliphatic carbocycles. The quantitative estimate of drug-likeness (QED) is 0.392. The molecular formula is C5H10O4. The molecule has 3 N–H and O–H groups in total. The molecule has 54 valence electrons. The summed E-state index contributed by atoms with van der Waals surface area (Å²) in [7, 11) is 0. The lowest BCUT2D eigenvalue weighted by Crippen LogP contribution is -2.31. The first-order valence-electron chi connectivity index (χ1n) is 2.84. The number of hydrogen-bond acceptors (Lipinski definition) is 4. The van der Waals surface area contributed by atoms with Gasteiger partial charge < -0.3 is 20.1 Å². The normalized spacial score (nSPS) is 43.7. The first-order valence-corrected chi connectivity index (χ1v) is 2.84. The van der Waals surface area contributed by atoms with Crippen molar-refractivity contribution in [2.75, 3.05) is 13.2 Å². The monoisotopic (exact) mass is 134 g/mol. The highest BCUT2D eigenvalue weighted by atomic mass is 16.5. The van der Waals surface area contributed by atoms with Crippen LogP contribution in [0.2, 0.25) is 0 Å². The van der Waals surface area contributed by atoms with Crippen molar-refractivity contribution in [1.29, 1.82) is 0 Å². The van der Waals surface area contributed by atoms with Gasteiger partial charge in [-0.25, -0.2) is 0 Å². The Kier molecular flexibility index (Phi) is 2.02. The molecular weight excluding hydrogens is 124 g/mol. The maximum absolute atomic E-state index is 8.92. The lowest BCUT2D eigenvalue weighted by atomic mass is 10.2. The third-order valence-corrected chi connectivity index (χ3v) is 1.44. The molecule has 1 aliphatic rings. The van der Waals surface area contributed by atoms with Gasteiger partial charge in [-0.15, -0.1) is 0 Å². The minimum absolute atomic E-state index is 0.117. The smallest absolute Gasteiger partial charge is 0.110 e. The van der Waals surface area contributed by atoms with E-state index < -0.39 is 18.3 Å². The van der Waals surface area contributed by atoms with Crippen LogP contribution >= 0.6 is 0 Å². The van der Waals surface area contributed by atoms with Gasteiger partial charge in [0.2, 0.25) is 0 Å². The summed E-state index contributed by atoms with van der Waals surface area (Å²) >= 11 is 0. The fourth-order valence-corrected chi connectivity index (χ4v) is 0.828. The molecule has 1 aliphatic heterocycles. The topological polar surface area (TPSA) is 69.9 Å². The van der Waals surface area contributed by atoms with E-state index in [4.69, 9.17) is 20.1 Å². The molecule has 1 heterocycles. The van der Waals surface area contributed by atoms with Crippen LogP contribution < -0.4 is 0 Å². The Bertz CT molecular complexity index is 95.0. The van der Waals surface area contributed by atoms with Crippen LogP contribution in [-0.2, 0) is 4.74 Å². The van der Waals surface area contributed by atoms with Crippen molar-refractivity contribution < 1.29 is 20.1 Å². The standard InChI is InChI=1S/C5H10O4/c6-1-4-5(8)3(7)2-9-4/h3-8H,1-2H2/t3-,4+,5+/m0/s1. The van der Waals surface area contributed by atoms with E-state index in [1.54, 1.807) is 0 Å². The summed E-state index contributed by atoms with van der Waals surface area (Å²) in [6.45, 7) is -0.120. The molecule has 1 rings (SSSR count). The zero-order valence-corrected chi connectivity index (χ0v) is 4.90. The fraction of sp³-hybridized carbons (Fsp3) is 1.00. The van der Waals surface area contributed by atoms with Crippen LogP contribution in [0.4, 0.5) is 0 Å². The van der Waals surface area contributed by atoms with Crippen molar-refractivity contribution >= 4 is 0 Å². The summed E-state index contributed by atoms with van der Waals surface area (Å²) in [5.41, 5.74) is 0. The highest BCUT2D eigenvalue weighted by Crippen LogP contribution is 2.12. The molecule has 4 nitrogen and oxygen atoms in total. The molecule has 0 spiro atoms. The first kappa shape index (κ1) is 6.95. The predicted octanol–water partition coefficient (Wildman–Crippen LogP) is -1.90. The van der Waals surface area contributed by atoms with Crippen molar-refractivity contribution in [3.05, 3.63) is 0 Å². The zero-order valence-electron chi connectivity index (χ0n) is 4.90. The molecule has 0 saturated carbocycles. The van der Waals surface area contributed by atoms with Gasteiger partial charge in [0.05, 0.1) is 13.2 Å². The highest BCUT2D eigenvalue weighted by molar-refractivity contribution is 4.81. The number of rotatable bonds is 1. The van der Waals surface area contributed by atoms with Gasteiger partial charge in [0.15, 0.2) is 0 Å². The average molecular weight is 134 g/mol. The summed E-state index contributed by atoms with van der Waals surface area (Å²) in [5, 5.41) is 26.2. The molecule has 0 aromatic carbocycles. The van der Waals surface area contributed by atoms with Crippen LogP contribution in [-0.4, -0.2) is 46.8 Å². The minimum atomic E-state index is -0.921. The maximum Gasteiger partial charge on any atom is 0.110 e. The average Bonchev–Trinajstić information content (AvgIpc) is 2.15. The van der Waals surface area contributed by atoms with Gasteiger partial charge in [-0.05, 0) is 0 Å². The zero-order chi connectivity index (χ0) is 6.85. The van der Waals surface area contributed by atoms with Crippen LogP contribution in [0.5, 0.6) is 0 Å². The van der Waals surface area contributed by atoms with Crippen molar-refractivity contribution in [3.8, 4) is 0 Å². The predicted molar refractivity (Wildman–Crippen MR) is 28.8 cm³/mol. The Labute approximate surface area is 52.7 Å². The summed E-state index contributed by atoms with van der Waals surface area (Å²) < 4.78 is 4.78. The lowest BCUT2D eigenvalue weighted by molar-refractivity contribution is -0.00588. The highest BCUT2D eigenvalue weighted by Gasteiger charge is 2.33. The van der Waals surface area contributed by atoms with Crippen molar-refractivity contribution in [3.63, 3.8) is 0 Å². The van der Waals surface area contributed by atoms with Gasteiger partial charge in [0.1, 0.15) is 18.3 Å². The number of aliphatic hydroxyl groups is 3. The van der Waals surface area contributed by atoms with Gasteiger partial charge in [-0.1, -0.05) is 0 Å². The summed E-state index contributed by atoms with van der Waals surface area (Å²) in [5.74, 6) is 0. The van der Waals surface area contributed by atoms with Gasteiger partial charge in [-0.2, -0.15) is 0 Å². The van der Waals surface area contributed by atoms with E-state index in [2.05, 4.69) is 0 Å².